The number of aryl methyl sites for hydroxylation is 2. The lowest BCUT2D eigenvalue weighted by molar-refractivity contribution is 0.103. The number of anilines is 1. The molecular formula is C13H13ClN2O. The van der Waals surface area contributed by atoms with Crippen LogP contribution in [0.2, 0.25) is 5.02 Å². The standard InChI is InChI=1S/C13H13ClN2O/c1-7-5-8(2)16-12(7)13(17)10-4-3-9(15)6-11(10)14/h3-6,16H,15H2,1-2H3. The maximum atomic E-state index is 12.3. The smallest absolute Gasteiger partial charge is 0.210 e. The van der Waals surface area contributed by atoms with Crippen LogP contribution in [0.4, 0.5) is 5.69 Å². The molecule has 1 heterocycles. The molecule has 0 radical (unpaired) electrons. The Morgan fingerprint density at radius 1 is 1.29 bits per heavy atom. The van der Waals surface area contributed by atoms with Crippen LogP contribution in [-0.4, -0.2) is 10.8 Å². The molecular weight excluding hydrogens is 236 g/mol. The van der Waals surface area contributed by atoms with Crippen LogP contribution < -0.4 is 5.73 Å². The van der Waals surface area contributed by atoms with Crippen LogP contribution >= 0.6 is 11.6 Å². The Kier molecular flexibility index (Phi) is 2.94. The molecule has 0 saturated heterocycles. The number of carbonyl (C=O) groups is 1. The summed E-state index contributed by atoms with van der Waals surface area (Å²) in [5, 5.41) is 0.377. The molecule has 0 saturated carbocycles. The average molecular weight is 249 g/mol. The molecule has 1 aromatic heterocycles. The first kappa shape index (κ1) is 11.7. The largest absolute Gasteiger partial charge is 0.399 e. The van der Waals surface area contributed by atoms with Crippen molar-refractivity contribution in [3.63, 3.8) is 0 Å². The number of halogens is 1. The maximum absolute atomic E-state index is 12.3. The highest BCUT2D eigenvalue weighted by Crippen LogP contribution is 2.23. The van der Waals surface area contributed by atoms with Crippen molar-refractivity contribution in [3.05, 3.63) is 51.8 Å². The second kappa shape index (κ2) is 4.26. The zero-order valence-corrected chi connectivity index (χ0v) is 10.4. The van der Waals surface area contributed by atoms with Gasteiger partial charge in [-0.05, 0) is 43.7 Å². The van der Waals surface area contributed by atoms with Gasteiger partial charge in [0.05, 0.1) is 10.7 Å². The van der Waals surface area contributed by atoms with Crippen molar-refractivity contribution < 1.29 is 4.79 Å². The molecule has 0 unspecified atom stereocenters. The molecule has 0 aliphatic rings. The van der Waals surface area contributed by atoms with E-state index in [0.717, 1.165) is 11.3 Å². The Morgan fingerprint density at radius 2 is 2.00 bits per heavy atom. The summed E-state index contributed by atoms with van der Waals surface area (Å²) in [5.74, 6) is -0.111. The number of carbonyl (C=O) groups excluding carboxylic acids is 1. The summed E-state index contributed by atoms with van der Waals surface area (Å²) < 4.78 is 0. The van der Waals surface area contributed by atoms with Gasteiger partial charge in [0.2, 0.25) is 5.78 Å². The van der Waals surface area contributed by atoms with Gasteiger partial charge >= 0.3 is 0 Å². The minimum Gasteiger partial charge on any atom is -0.399 e. The number of hydrogen-bond donors (Lipinski definition) is 2. The van der Waals surface area contributed by atoms with Crippen LogP contribution in [0.1, 0.15) is 27.3 Å². The van der Waals surface area contributed by atoms with E-state index in [1.54, 1.807) is 18.2 Å². The fraction of sp³-hybridized carbons (Fsp3) is 0.154. The van der Waals surface area contributed by atoms with Gasteiger partial charge in [0.15, 0.2) is 0 Å². The van der Waals surface area contributed by atoms with E-state index in [1.807, 2.05) is 19.9 Å². The van der Waals surface area contributed by atoms with Crippen LogP contribution in [0.15, 0.2) is 24.3 Å². The predicted octanol–water partition coefficient (Wildman–Crippen LogP) is 3.10. The normalized spacial score (nSPS) is 10.5. The molecule has 1 aromatic carbocycles. The summed E-state index contributed by atoms with van der Waals surface area (Å²) in [6.45, 7) is 3.80. The van der Waals surface area contributed by atoms with Gasteiger partial charge in [-0.15, -0.1) is 0 Å². The monoisotopic (exact) mass is 248 g/mol. The fourth-order valence-electron chi connectivity index (χ4n) is 1.81. The first-order chi connectivity index (χ1) is 7.99. The van der Waals surface area contributed by atoms with E-state index in [2.05, 4.69) is 4.98 Å². The van der Waals surface area contributed by atoms with Crippen molar-refractivity contribution in [2.45, 2.75) is 13.8 Å². The van der Waals surface area contributed by atoms with Gasteiger partial charge in [-0.3, -0.25) is 4.79 Å². The molecule has 0 fully saturated rings. The summed E-state index contributed by atoms with van der Waals surface area (Å²) in [5.41, 5.74) is 9.06. The molecule has 0 aliphatic carbocycles. The Labute approximate surface area is 105 Å². The first-order valence-electron chi connectivity index (χ1n) is 5.25. The molecule has 0 spiro atoms. The molecule has 0 aliphatic heterocycles. The molecule has 3 N–H and O–H groups in total. The van der Waals surface area contributed by atoms with E-state index in [9.17, 15) is 4.79 Å². The number of nitrogen functional groups attached to an aromatic ring is 1. The Morgan fingerprint density at radius 3 is 2.53 bits per heavy atom. The van der Waals surface area contributed by atoms with Gasteiger partial charge in [0, 0.05) is 16.9 Å². The first-order valence-corrected chi connectivity index (χ1v) is 5.63. The van der Waals surface area contributed by atoms with E-state index >= 15 is 0 Å². The number of aromatic amines is 1. The SMILES string of the molecule is Cc1cc(C)c(C(=O)c2ccc(N)cc2Cl)[nH]1. The topological polar surface area (TPSA) is 58.9 Å². The zero-order chi connectivity index (χ0) is 12.6. The molecule has 4 heteroatoms. The number of hydrogen-bond acceptors (Lipinski definition) is 2. The number of nitrogens with one attached hydrogen (secondary N) is 1. The van der Waals surface area contributed by atoms with E-state index in [1.165, 1.54) is 0 Å². The molecule has 0 atom stereocenters. The zero-order valence-electron chi connectivity index (χ0n) is 9.67. The molecule has 88 valence electrons. The molecule has 2 aromatic rings. The lowest BCUT2D eigenvalue weighted by Crippen LogP contribution is -2.05. The summed E-state index contributed by atoms with van der Waals surface area (Å²) in [4.78, 5) is 15.3. The quantitative estimate of drug-likeness (QED) is 0.634. The third-order valence-corrected chi connectivity index (χ3v) is 2.93. The lowest BCUT2D eigenvalue weighted by atomic mass is 10.1. The highest BCUT2D eigenvalue weighted by molar-refractivity contribution is 6.35. The highest BCUT2D eigenvalue weighted by Gasteiger charge is 2.16. The summed E-state index contributed by atoms with van der Waals surface area (Å²) in [6, 6.07) is 6.83. The number of benzene rings is 1. The molecule has 0 bridgehead atoms. The number of aromatic nitrogens is 1. The average Bonchev–Trinajstić information content (AvgIpc) is 2.57. The second-order valence-electron chi connectivity index (χ2n) is 4.08. The summed E-state index contributed by atoms with van der Waals surface area (Å²) >= 11 is 6.02. The minimum atomic E-state index is -0.111. The van der Waals surface area contributed by atoms with Crippen LogP contribution in [0.5, 0.6) is 0 Å². The van der Waals surface area contributed by atoms with Crippen molar-refractivity contribution in [1.29, 1.82) is 0 Å². The number of nitrogens with two attached hydrogens (primary N) is 1. The molecule has 0 amide bonds. The Balaban J connectivity index is 2.47. The van der Waals surface area contributed by atoms with Crippen molar-refractivity contribution >= 4 is 23.1 Å². The van der Waals surface area contributed by atoms with Gasteiger partial charge in [-0.25, -0.2) is 0 Å². The van der Waals surface area contributed by atoms with Crippen molar-refractivity contribution in [2.24, 2.45) is 0 Å². The van der Waals surface area contributed by atoms with Gasteiger partial charge in [0.25, 0.3) is 0 Å². The van der Waals surface area contributed by atoms with E-state index in [4.69, 9.17) is 17.3 Å². The number of rotatable bonds is 2. The fourth-order valence-corrected chi connectivity index (χ4v) is 2.09. The van der Waals surface area contributed by atoms with Crippen molar-refractivity contribution in [3.8, 4) is 0 Å². The maximum Gasteiger partial charge on any atom is 0.210 e. The predicted molar refractivity (Wildman–Crippen MR) is 69.6 cm³/mol. The van der Waals surface area contributed by atoms with Crippen molar-refractivity contribution in [2.75, 3.05) is 5.73 Å². The molecule has 2 rings (SSSR count). The van der Waals surface area contributed by atoms with Crippen molar-refractivity contribution in [1.82, 2.24) is 4.98 Å². The third kappa shape index (κ3) is 2.19. The van der Waals surface area contributed by atoms with Crippen LogP contribution in [0, 0.1) is 13.8 Å². The minimum absolute atomic E-state index is 0.111. The van der Waals surface area contributed by atoms with E-state index in [-0.39, 0.29) is 5.78 Å². The summed E-state index contributed by atoms with van der Waals surface area (Å²) in [6.07, 6.45) is 0. The van der Waals surface area contributed by atoms with Gasteiger partial charge < -0.3 is 10.7 Å². The number of H-pyrrole nitrogens is 1. The Hall–Kier alpha value is -1.74. The third-order valence-electron chi connectivity index (χ3n) is 2.61. The second-order valence-corrected chi connectivity index (χ2v) is 4.49. The van der Waals surface area contributed by atoms with Gasteiger partial charge in [-0.1, -0.05) is 11.6 Å². The van der Waals surface area contributed by atoms with E-state index in [0.29, 0.717) is 22.0 Å². The lowest BCUT2D eigenvalue weighted by Gasteiger charge is -2.04. The highest BCUT2D eigenvalue weighted by atomic mass is 35.5. The van der Waals surface area contributed by atoms with Crippen LogP contribution in [-0.2, 0) is 0 Å². The molecule has 17 heavy (non-hydrogen) atoms. The van der Waals surface area contributed by atoms with Gasteiger partial charge in [0.1, 0.15) is 0 Å². The van der Waals surface area contributed by atoms with Gasteiger partial charge in [-0.2, -0.15) is 0 Å². The van der Waals surface area contributed by atoms with E-state index < -0.39 is 0 Å². The molecule has 3 nitrogen and oxygen atoms in total. The summed E-state index contributed by atoms with van der Waals surface area (Å²) in [7, 11) is 0. The van der Waals surface area contributed by atoms with Crippen LogP contribution in [0.25, 0.3) is 0 Å². The Bertz CT molecular complexity index is 587. The number of ketones is 1. The van der Waals surface area contributed by atoms with Crippen LogP contribution in [0.3, 0.4) is 0 Å².